The van der Waals surface area contributed by atoms with E-state index in [0.29, 0.717) is 11.5 Å². The molecule has 5 heteroatoms. The Balaban J connectivity index is 1.26. The third kappa shape index (κ3) is 3.86. The van der Waals surface area contributed by atoms with Gasteiger partial charge in [0.15, 0.2) is 0 Å². The number of amides is 1. The van der Waals surface area contributed by atoms with Crippen molar-refractivity contribution in [2.75, 3.05) is 13.1 Å². The first-order valence-electron chi connectivity index (χ1n) is 11.1. The van der Waals surface area contributed by atoms with Gasteiger partial charge < -0.3 is 4.90 Å². The van der Waals surface area contributed by atoms with Crippen molar-refractivity contribution in [3.63, 3.8) is 0 Å². The van der Waals surface area contributed by atoms with E-state index in [1.165, 1.54) is 22.3 Å². The Morgan fingerprint density at radius 1 is 0.906 bits per heavy atom. The summed E-state index contributed by atoms with van der Waals surface area (Å²) in [6.45, 7) is 5.78. The van der Waals surface area contributed by atoms with Crippen LogP contribution in [0.3, 0.4) is 0 Å². The SMILES string of the molecule is Cc1cccc(-c2ccc(C3CCN(C(=O)c4ccc5nccnc5c4)CC3)cn2)c1C. The molecule has 0 unspecified atom stereocenters. The Hall–Kier alpha value is -3.60. The zero-order chi connectivity index (χ0) is 22.1. The highest BCUT2D eigenvalue weighted by Gasteiger charge is 2.25. The van der Waals surface area contributed by atoms with Crippen molar-refractivity contribution in [2.24, 2.45) is 0 Å². The highest BCUT2D eigenvalue weighted by atomic mass is 16.2. The number of aromatic nitrogens is 3. The number of rotatable bonds is 3. The van der Waals surface area contributed by atoms with Crippen molar-refractivity contribution < 1.29 is 4.79 Å². The summed E-state index contributed by atoms with van der Waals surface area (Å²) in [6, 6.07) is 16.2. The highest BCUT2D eigenvalue weighted by molar-refractivity contribution is 5.97. The van der Waals surface area contributed by atoms with Gasteiger partial charge in [0, 0.05) is 42.8 Å². The maximum absolute atomic E-state index is 13.0. The minimum atomic E-state index is 0.0689. The zero-order valence-electron chi connectivity index (χ0n) is 18.5. The molecule has 5 rings (SSSR count). The van der Waals surface area contributed by atoms with E-state index in [-0.39, 0.29) is 5.91 Å². The van der Waals surface area contributed by atoms with Crippen LogP contribution in [-0.2, 0) is 0 Å². The average molecular weight is 423 g/mol. The van der Waals surface area contributed by atoms with E-state index in [0.717, 1.165) is 42.7 Å². The molecule has 0 bridgehead atoms. The van der Waals surface area contributed by atoms with Gasteiger partial charge in [-0.2, -0.15) is 0 Å². The van der Waals surface area contributed by atoms with Crippen LogP contribution >= 0.6 is 0 Å². The van der Waals surface area contributed by atoms with Gasteiger partial charge >= 0.3 is 0 Å². The first-order chi connectivity index (χ1) is 15.6. The van der Waals surface area contributed by atoms with Crippen molar-refractivity contribution in [2.45, 2.75) is 32.6 Å². The lowest BCUT2D eigenvalue weighted by Gasteiger charge is -2.32. The van der Waals surface area contributed by atoms with E-state index < -0.39 is 0 Å². The minimum Gasteiger partial charge on any atom is -0.339 e. The molecule has 160 valence electrons. The number of pyridine rings is 1. The second-order valence-corrected chi connectivity index (χ2v) is 8.55. The van der Waals surface area contributed by atoms with Gasteiger partial charge in [0.05, 0.1) is 16.7 Å². The van der Waals surface area contributed by atoms with Crippen LogP contribution in [0, 0.1) is 13.8 Å². The Bertz CT molecular complexity index is 1270. The number of carbonyl (C=O) groups excluding carboxylic acids is 1. The van der Waals surface area contributed by atoms with Gasteiger partial charge in [-0.3, -0.25) is 19.7 Å². The van der Waals surface area contributed by atoms with Gasteiger partial charge in [-0.25, -0.2) is 0 Å². The molecule has 0 spiro atoms. The van der Waals surface area contributed by atoms with E-state index >= 15 is 0 Å². The summed E-state index contributed by atoms with van der Waals surface area (Å²) in [5.74, 6) is 0.501. The van der Waals surface area contributed by atoms with Crippen LogP contribution in [0.5, 0.6) is 0 Å². The quantitative estimate of drug-likeness (QED) is 0.448. The first-order valence-corrected chi connectivity index (χ1v) is 11.1. The van der Waals surface area contributed by atoms with Crippen molar-refractivity contribution in [1.29, 1.82) is 0 Å². The van der Waals surface area contributed by atoms with Crippen molar-refractivity contribution in [3.8, 4) is 11.3 Å². The van der Waals surface area contributed by atoms with Crippen LogP contribution < -0.4 is 0 Å². The van der Waals surface area contributed by atoms with Crippen molar-refractivity contribution in [3.05, 3.63) is 89.4 Å². The van der Waals surface area contributed by atoms with Crippen molar-refractivity contribution >= 4 is 16.9 Å². The molecule has 1 fully saturated rings. The number of nitrogens with zero attached hydrogens (tertiary/aromatic N) is 4. The molecular weight excluding hydrogens is 396 g/mol. The molecule has 5 nitrogen and oxygen atoms in total. The molecule has 0 aliphatic carbocycles. The second-order valence-electron chi connectivity index (χ2n) is 8.55. The Morgan fingerprint density at radius 3 is 2.44 bits per heavy atom. The van der Waals surface area contributed by atoms with E-state index in [2.05, 4.69) is 54.1 Å². The number of likely N-dealkylation sites (tertiary alicyclic amines) is 1. The maximum Gasteiger partial charge on any atom is 0.253 e. The lowest BCUT2D eigenvalue weighted by atomic mass is 9.89. The summed E-state index contributed by atoms with van der Waals surface area (Å²) < 4.78 is 0. The van der Waals surface area contributed by atoms with Crippen LogP contribution in [0.15, 0.2) is 67.1 Å². The monoisotopic (exact) mass is 422 g/mol. The van der Waals surface area contributed by atoms with Gasteiger partial charge in [-0.15, -0.1) is 0 Å². The third-order valence-electron chi connectivity index (χ3n) is 6.64. The van der Waals surface area contributed by atoms with Crippen molar-refractivity contribution in [1.82, 2.24) is 19.9 Å². The van der Waals surface area contributed by atoms with E-state index in [1.807, 2.05) is 29.3 Å². The van der Waals surface area contributed by atoms with E-state index in [1.54, 1.807) is 12.4 Å². The topological polar surface area (TPSA) is 59.0 Å². The van der Waals surface area contributed by atoms with Gasteiger partial charge in [-0.1, -0.05) is 24.3 Å². The summed E-state index contributed by atoms with van der Waals surface area (Å²) in [7, 11) is 0. The molecule has 32 heavy (non-hydrogen) atoms. The highest BCUT2D eigenvalue weighted by Crippen LogP contribution is 2.30. The van der Waals surface area contributed by atoms with Gasteiger partial charge in [0.2, 0.25) is 0 Å². The number of hydrogen-bond acceptors (Lipinski definition) is 4. The summed E-state index contributed by atoms with van der Waals surface area (Å²) in [6.07, 6.45) is 7.23. The van der Waals surface area contributed by atoms with Gasteiger partial charge in [0.25, 0.3) is 5.91 Å². The molecule has 1 aliphatic rings. The minimum absolute atomic E-state index is 0.0689. The normalized spacial score (nSPS) is 14.6. The Morgan fingerprint density at radius 2 is 1.69 bits per heavy atom. The molecule has 0 N–H and O–H groups in total. The van der Waals surface area contributed by atoms with Gasteiger partial charge in [-0.05, 0) is 73.6 Å². The van der Waals surface area contributed by atoms with Crippen LogP contribution in [0.4, 0.5) is 0 Å². The molecular formula is C27H26N4O. The fourth-order valence-electron chi connectivity index (χ4n) is 4.53. The third-order valence-corrected chi connectivity index (χ3v) is 6.64. The molecule has 1 amide bonds. The van der Waals surface area contributed by atoms with E-state index in [9.17, 15) is 4.79 Å². The standard InChI is InChI=1S/C27H26N4O/c1-18-4-3-5-23(19(18)2)24-8-7-22(17-30-24)20-10-14-31(15-11-20)27(32)21-6-9-25-26(16-21)29-13-12-28-25/h3-9,12-13,16-17,20H,10-11,14-15H2,1-2H3. The molecule has 2 aromatic heterocycles. The number of hydrogen-bond donors (Lipinski definition) is 0. The number of carbonyl (C=O) groups is 1. The van der Waals surface area contributed by atoms with Crippen LogP contribution in [0.2, 0.25) is 0 Å². The summed E-state index contributed by atoms with van der Waals surface area (Å²) >= 11 is 0. The molecule has 1 aliphatic heterocycles. The molecule has 3 heterocycles. The van der Waals surface area contributed by atoms with E-state index in [4.69, 9.17) is 4.98 Å². The lowest BCUT2D eigenvalue weighted by molar-refractivity contribution is 0.0713. The molecule has 0 saturated carbocycles. The Kier molecular flexibility index (Phi) is 5.39. The van der Waals surface area contributed by atoms with Crippen LogP contribution in [0.1, 0.15) is 45.8 Å². The molecule has 0 atom stereocenters. The molecule has 2 aromatic carbocycles. The maximum atomic E-state index is 13.0. The van der Waals surface area contributed by atoms with Crippen LogP contribution in [0.25, 0.3) is 22.3 Å². The predicted octanol–water partition coefficient (Wildman–Crippen LogP) is 5.33. The summed E-state index contributed by atoms with van der Waals surface area (Å²) in [5, 5.41) is 0. The molecule has 0 radical (unpaired) electrons. The number of fused-ring (bicyclic) bond motifs is 1. The number of piperidine rings is 1. The number of benzene rings is 2. The smallest absolute Gasteiger partial charge is 0.253 e. The largest absolute Gasteiger partial charge is 0.339 e. The predicted molar refractivity (Wildman–Crippen MR) is 127 cm³/mol. The summed E-state index contributed by atoms with van der Waals surface area (Å²) in [5.41, 5.74) is 8.26. The molecule has 4 aromatic rings. The number of aryl methyl sites for hydroxylation is 1. The average Bonchev–Trinajstić information content (AvgIpc) is 2.85. The fraction of sp³-hybridized carbons (Fsp3) is 0.259. The Labute approximate surface area is 188 Å². The fourth-order valence-corrected chi connectivity index (χ4v) is 4.53. The zero-order valence-corrected chi connectivity index (χ0v) is 18.5. The first kappa shape index (κ1) is 20.3. The second kappa shape index (κ2) is 8.50. The lowest BCUT2D eigenvalue weighted by Crippen LogP contribution is -2.37. The summed E-state index contributed by atoms with van der Waals surface area (Å²) in [4.78, 5) is 28.3. The van der Waals surface area contributed by atoms with Crippen LogP contribution in [-0.4, -0.2) is 38.8 Å². The van der Waals surface area contributed by atoms with Gasteiger partial charge in [0.1, 0.15) is 0 Å². The molecule has 1 saturated heterocycles.